The second-order valence-electron chi connectivity index (χ2n) is 7.66. The van der Waals surface area contributed by atoms with E-state index in [1.54, 1.807) is 11.9 Å². The maximum atomic E-state index is 13.3. The van der Waals surface area contributed by atoms with Gasteiger partial charge < -0.3 is 15.1 Å². The summed E-state index contributed by atoms with van der Waals surface area (Å²) >= 11 is 0. The van der Waals surface area contributed by atoms with Gasteiger partial charge in [-0.25, -0.2) is 4.79 Å². The molecule has 0 saturated carbocycles. The van der Waals surface area contributed by atoms with Gasteiger partial charge in [0.15, 0.2) is 0 Å². The Kier molecular flexibility index (Phi) is 6.39. The zero-order valence-corrected chi connectivity index (χ0v) is 17.4. The van der Waals surface area contributed by atoms with Crippen molar-refractivity contribution in [2.24, 2.45) is 0 Å². The van der Waals surface area contributed by atoms with Crippen LogP contribution < -0.4 is 5.32 Å². The molecule has 3 rings (SSSR count). The topological polar surface area (TPSA) is 55.9 Å². The average Bonchev–Trinajstić information content (AvgIpc) is 3.06. The molecule has 152 valence electrons. The monoisotopic (exact) mass is 384 g/mol. The molecule has 2 atom stereocenters. The molecule has 3 amide bonds. The Morgan fingerprint density at radius 3 is 2.50 bits per heavy atom. The van der Waals surface area contributed by atoms with E-state index in [-0.39, 0.29) is 24.0 Å². The highest BCUT2D eigenvalue weighted by Gasteiger charge is 2.43. The number of hydrogen-bond donors (Lipinski definition) is 1. The lowest BCUT2D eigenvalue weighted by atomic mass is 9.96. The van der Waals surface area contributed by atoms with E-state index in [0.29, 0.717) is 12.1 Å². The first-order valence-electron chi connectivity index (χ1n) is 10.3. The molecule has 6 heteroatoms. The number of nitrogens with one attached hydrogen (secondary N) is 1. The Morgan fingerprint density at radius 1 is 1.18 bits per heavy atom. The van der Waals surface area contributed by atoms with E-state index in [1.807, 2.05) is 35.2 Å². The zero-order chi connectivity index (χ0) is 20.3. The first-order chi connectivity index (χ1) is 13.5. The molecule has 0 fully saturated rings. The summed E-state index contributed by atoms with van der Waals surface area (Å²) in [5.41, 5.74) is 2.49. The van der Waals surface area contributed by atoms with Crippen molar-refractivity contribution < 1.29 is 9.59 Å². The fourth-order valence-electron chi connectivity index (χ4n) is 4.15. The molecule has 6 nitrogen and oxygen atoms in total. The van der Waals surface area contributed by atoms with Crippen molar-refractivity contribution in [2.45, 2.75) is 45.7 Å². The number of nitrogens with zero attached hydrogens (tertiary/aromatic N) is 3. The number of urea groups is 1. The molecule has 2 aliphatic rings. The maximum absolute atomic E-state index is 13.3. The van der Waals surface area contributed by atoms with Crippen LogP contribution in [0.1, 0.15) is 45.2 Å². The van der Waals surface area contributed by atoms with Crippen LogP contribution in [-0.4, -0.2) is 65.9 Å². The molecule has 28 heavy (non-hydrogen) atoms. The van der Waals surface area contributed by atoms with Gasteiger partial charge >= 0.3 is 6.03 Å². The van der Waals surface area contributed by atoms with Crippen LogP contribution >= 0.6 is 0 Å². The third-order valence-corrected chi connectivity index (χ3v) is 6.04. The lowest BCUT2D eigenvalue weighted by molar-refractivity contribution is -0.127. The van der Waals surface area contributed by atoms with E-state index in [2.05, 4.69) is 31.0 Å². The van der Waals surface area contributed by atoms with E-state index in [0.717, 1.165) is 43.7 Å². The van der Waals surface area contributed by atoms with Gasteiger partial charge in [0, 0.05) is 13.1 Å². The van der Waals surface area contributed by atoms with Crippen LogP contribution in [0.25, 0.3) is 0 Å². The van der Waals surface area contributed by atoms with Gasteiger partial charge in [0.05, 0.1) is 23.9 Å². The Balaban J connectivity index is 1.74. The summed E-state index contributed by atoms with van der Waals surface area (Å²) in [5.74, 6) is 0.0473. The maximum Gasteiger partial charge on any atom is 0.322 e. The number of amides is 3. The minimum atomic E-state index is -0.375. The fourth-order valence-corrected chi connectivity index (χ4v) is 4.15. The van der Waals surface area contributed by atoms with Gasteiger partial charge in [-0.05, 0) is 45.0 Å². The second-order valence-corrected chi connectivity index (χ2v) is 7.66. The fraction of sp³-hybridized carbons (Fsp3) is 0.545. The predicted molar refractivity (Wildman–Crippen MR) is 111 cm³/mol. The van der Waals surface area contributed by atoms with Gasteiger partial charge in [-0.15, -0.1) is 0 Å². The molecule has 0 aromatic heterocycles. The molecule has 0 spiro atoms. The largest absolute Gasteiger partial charge is 0.330 e. The Morgan fingerprint density at radius 2 is 1.86 bits per heavy atom. The van der Waals surface area contributed by atoms with Crippen LogP contribution in [-0.2, 0) is 4.79 Å². The lowest BCUT2D eigenvalue weighted by Crippen LogP contribution is -2.45. The van der Waals surface area contributed by atoms with Crippen molar-refractivity contribution >= 4 is 11.9 Å². The van der Waals surface area contributed by atoms with E-state index < -0.39 is 0 Å². The Hall–Kier alpha value is -2.34. The summed E-state index contributed by atoms with van der Waals surface area (Å²) in [6.45, 7) is 10.1. The summed E-state index contributed by atoms with van der Waals surface area (Å²) in [5, 5.41) is 2.99. The minimum Gasteiger partial charge on any atom is -0.330 e. The molecule has 1 aromatic carbocycles. The normalized spacial score (nSPS) is 20.7. The molecule has 1 aromatic rings. The Bertz CT molecular complexity index is 742. The van der Waals surface area contributed by atoms with Crippen molar-refractivity contribution in [1.82, 2.24) is 20.0 Å². The van der Waals surface area contributed by atoms with Crippen LogP contribution in [0.4, 0.5) is 4.79 Å². The third kappa shape index (κ3) is 3.92. The van der Waals surface area contributed by atoms with Crippen LogP contribution in [0.3, 0.4) is 0 Å². The number of hydrogen-bond acceptors (Lipinski definition) is 3. The number of benzene rings is 1. The van der Waals surface area contributed by atoms with E-state index in [9.17, 15) is 9.59 Å². The van der Waals surface area contributed by atoms with Gasteiger partial charge in [-0.3, -0.25) is 9.69 Å². The number of rotatable bonds is 8. The quantitative estimate of drug-likeness (QED) is 0.750. The molecule has 0 bridgehead atoms. The highest BCUT2D eigenvalue weighted by atomic mass is 16.2. The van der Waals surface area contributed by atoms with Gasteiger partial charge in [-0.1, -0.05) is 44.2 Å². The third-order valence-electron chi connectivity index (χ3n) is 6.04. The predicted octanol–water partition coefficient (Wildman–Crippen LogP) is 2.99. The highest BCUT2D eigenvalue weighted by Crippen LogP contribution is 2.36. The molecule has 2 heterocycles. The van der Waals surface area contributed by atoms with Crippen molar-refractivity contribution in [3.8, 4) is 0 Å². The van der Waals surface area contributed by atoms with Crippen molar-refractivity contribution in [1.29, 1.82) is 0 Å². The van der Waals surface area contributed by atoms with E-state index in [1.165, 1.54) is 0 Å². The number of carbonyl (C=O) groups excluding carboxylic acids is 2. The van der Waals surface area contributed by atoms with E-state index in [4.69, 9.17) is 0 Å². The zero-order valence-electron chi connectivity index (χ0n) is 17.4. The summed E-state index contributed by atoms with van der Waals surface area (Å²) in [4.78, 5) is 31.7. The van der Waals surface area contributed by atoms with Gasteiger partial charge in [0.1, 0.15) is 0 Å². The Labute approximate surface area is 168 Å². The van der Waals surface area contributed by atoms with Crippen molar-refractivity contribution in [2.75, 3.05) is 33.2 Å². The summed E-state index contributed by atoms with van der Waals surface area (Å²) < 4.78 is 0. The van der Waals surface area contributed by atoms with Gasteiger partial charge in [0.25, 0.3) is 5.91 Å². The van der Waals surface area contributed by atoms with Gasteiger partial charge in [0.2, 0.25) is 0 Å². The molecule has 0 saturated heterocycles. The minimum absolute atomic E-state index is 0.0473. The van der Waals surface area contributed by atoms with Crippen molar-refractivity contribution in [3.63, 3.8) is 0 Å². The van der Waals surface area contributed by atoms with Crippen LogP contribution in [0, 0.1) is 0 Å². The van der Waals surface area contributed by atoms with Crippen LogP contribution in [0.15, 0.2) is 41.6 Å². The lowest BCUT2D eigenvalue weighted by Gasteiger charge is -2.31. The summed E-state index contributed by atoms with van der Waals surface area (Å²) in [7, 11) is 1.74. The average molecular weight is 385 g/mol. The first kappa shape index (κ1) is 20.4. The summed E-state index contributed by atoms with van der Waals surface area (Å²) in [6, 6.07) is 9.36. The molecule has 1 N–H and O–H groups in total. The first-order valence-corrected chi connectivity index (χ1v) is 10.3. The highest BCUT2D eigenvalue weighted by molar-refractivity contribution is 6.01. The molecular weight excluding hydrogens is 352 g/mol. The molecule has 2 aliphatic heterocycles. The SMILES string of the molecule is CCN(CC)CCC[C@@H](C)N1CC2=C(C1=O)[C@H](c1ccccc1)NC(=O)N2C. The number of likely N-dealkylation sites (N-methyl/N-ethyl adjacent to an activating group) is 1. The molecule has 0 radical (unpaired) electrons. The number of carbonyl (C=O) groups is 2. The molecule has 0 unspecified atom stereocenters. The standard InChI is InChI=1S/C22H32N4O2/c1-5-25(6-2)14-10-11-16(3)26-15-18-19(21(26)27)20(23-22(28)24(18)4)17-12-8-7-9-13-17/h7-9,12-13,16,20H,5-6,10-11,14-15H2,1-4H3,(H,23,28)/t16-,20+/m1/s1. The molecular formula is C22H32N4O2. The van der Waals surface area contributed by atoms with Gasteiger partial charge in [-0.2, -0.15) is 0 Å². The van der Waals surface area contributed by atoms with Crippen LogP contribution in [0.2, 0.25) is 0 Å². The smallest absolute Gasteiger partial charge is 0.322 e. The van der Waals surface area contributed by atoms with Crippen LogP contribution in [0.5, 0.6) is 0 Å². The second kappa shape index (κ2) is 8.78. The van der Waals surface area contributed by atoms with E-state index >= 15 is 0 Å². The molecule has 0 aliphatic carbocycles. The van der Waals surface area contributed by atoms with Crippen molar-refractivity contribution in [3.05, 3.63) is 47.2 Å². The summed E-state index contributed by atoms with van der Waals surface area (Å²) in [6.07, 6.45) is 2.02.